The largest absolute Gasteiger partial charge is 0.471 e. The molecular weight excluding hydrogens is 353 g/mol. The van der Waals surface area contributed by atoms with Gasteiger partial charge in [-0.25, -0.2) is 4.98 Å². The summed E-state index contributed by atoms with van der Waals surface area (Å²) >= 11 is 2.83. The fourth-order valence-corrected chi connectivity index (χ4v) is 2.77. The van der Waals surface area contributed by atoms with Gasteiger partial charge >= 0.3 is 6.18 Å². The van der Waals surface area contributed by atoms with Crippen molar-refractivity contribution in [3.8, 4) is 11.9 Å². The lowest BCUT2D eigenvalue weighted by atomic mass is 10.2. The Kier molecular flexibility index (Phi) is 3.13. The molecule has 0 spiro atoms. The molecule has 0 N–H and O–H groups in total. The van der Waals surface area contributed by atoms with E-state index in [2.05, 4.69) is 26.0 Å². The molecule has 5 nitrogen and oxygen atoms in total. The van der Waals surface area contributed by atoms with Gasteiger partial charge in [-0.05, 0) is 22.0 Å². The molecule has 0 saturated heterocycles. The Hall–Kier alpha value is -2.08. The molecule has 1 aliphatic rings. The highest BCUT2D eigenvalue weighted by atomic mass is 79.9. The van der Waals surface area contributed by atoms with Crippen LogP contribution in [-0.2, 0) is 19.3 Å². The smallest absolute Gasteiger partial charge is 0.420 e. The first-order valence-corrected chi connectivity index (χ1v) is 6.53. The molecular formula is C12H6BrF3N4O. The van der Waals surface area contributed by atoms with Crippen molar-refractivity contribution in [1.29, 1.82) is 5.26 Å². The van der Waals surface area contributed by atoms with Crippen LogP contribution in [0.1, 0.15) is 22.4 Å². The summed E-state index contributed by atoms with van der Waals surface area (Å²) in [6.45, 7) is -0.235. The molecule has 9 heteroatoms. The van der Waals surface area contributed by atoms with Crippen molar-refractivity contribution in [1.82, 2.24) is 14.8 Å². The lowest BCUT2D eigenvalue weighted by Crippen LogP contribution is -2.12. The maximum atomic E-state index is 13.1. The van der Waals surface area contributed by atoms with E-state index >= 15 is 0 Å². The molecule has 0 saturated carbocycles. The average molecular weight is 359 g/mol. The Balaban J connectivity index is 2.11. The standard InChI is InChI=1S/C12H6BrF3N4O/c13-10-9(12(14,15)16)8-5-21-11-7(4-20(8)19-10)1-6(2-17)3-18-11/h1,3H,4-5H2. The van der Waals surface area contributed by atoms with E-state index in [1.807, 2.05) is 6.07 Å². The molecule has 0 radical (unpaired) electrons. The van der Waals surface area contributed by atoms with Gasteiger partial charge in [-0.1, -0.05) is 0 Å². The fourth-order valence-electron chi connectivity index (χ4n) is 2.12. The molecule has 3 rings (SSSR count). The van der Waals surface area contributed by atoms with E-state index in [4.69, 9.17) is 10.00 Å². The van der Waals surface area contributed by atoms with Crippen LogP contribution in [0.5, 0.6) is 5.88 Å². The number of ether oxygens (including phenoxy) is 1. The second-order valence-corrected chi connectivity index (χ2v) is 5.11. The van der Waals surface area contributed by atoms with Crippen molar-refractivity contribution in [3.05, 3.63) is 39.3 Å². The summed E-state index contributed by atoms with van der Waals surface area (Å²) in [6, 6.07) is 3.45. The van der Waals surface area contributed by atoms with Gasteiger partial charge in [0.1, 0.15) is 22.8 Å². The minimum Gasteiger partial charge on any atom is -0.471 e. The predicted octanol–water partition coefficient (Wildman–Crippen LogP) is 2.87. The number of nitriles is 1. The van der Waals surface area contributed by atoms with Gasteiger partial charge in [0.25, 0.3) is 0 Å². The third-order valence-corrected chi connectivity index (χ3v) is 3.57. The van der Waals surface area contributed by atoms with E-state index in [-0.39, 0.29) is 29.3 Å². The fraction of sp³-hybridized carbons (Fsp3) is 0.250. The third kappa shape index (κ3) is 2.35. The number of alkyl halides is 3. The lowest BCUT2D eigenvalue weighted by Gasteiger charge is -2.08. The number of hydrogen-bond acceptors (Lipinski definition) is 4. The summed E-state index contributed by atoms with van der Waals surface area (Å²) in [4.78, 5) is 3.95. The number of fused-ring (bicyclic) bond motifs is 2. The summed E-state index contributed by atoms with van der Waals surface area (Å²) in [7, 11) is 0. The minimum absolute atomic E-state index is 0.0574. The molecule has 0 unspecified atom stereocenters. The Morgan fingerprint density at radius 2 is 2.19 bits per heavy atom. The normalized spacial score (nSPS) is 13.7. The quantitative estimate of drug-likeness (QED) is 0.726. The number of pyridine rings is 1. The van der Waals surface area contributed by atoms with Crippen LogP contribution in [0.15, 0.2) is 16.9 Å². The van der Waals surface area contributed by atoms with Gasteiger partial charge in [0, 0.05) is 11.8 Å². The second-order valence-electron chi connectivity index (χ2n) is 4.36. The number of rotatable bonds is 0. The van der Waals surface area contributed by atoms with Crippen LogP contribution < -0.4 is 4.74 Å². The van der Waals surface area contributed by atoms with E-state index < -0.39 is 11.7 Å². The highest BCUT2D eigenvalue weighted by Gasteiger charge is 2.40. The van der Waals surface area contributed by atoms with Crippen LogP contribution in [0.3, 0.4) is 0 Å². The molecule has 0 atom stereocenters. The van der Waals surface area contributed by atoms with Crippen molar-refractivity contribution in [2.24, 2.45) is 0 Å². The van der Waals surface area contributed by atoms with Gasteiger partial charge in [0.2, 0.25) is 5.88 Å². The van der Waals surface area contributed by atoms with Crippen LogP contribution >= 0.6 is 15.9 Å². The molecule has 2 aromatic rings. The Bertz CT molecular complexity index is 763. The lowest BCUT2D eigenvalue weighted by molar-refractivity contribution is -0.139. The van der Waals surface area contributed by atoms with Crippen LogP contribution in [0.25, 0.3) is 0 Å². The first kappa shape index (κ1) is 13.9. The Morgan fingerprint density at radius 3 is 2.86 bits per heavy atom. The van der Waals surface area contributed by atoms with Crippen LogP contribution in [-0.4, -0.2) is 14.8 Å². The monoisotopic (exact) mass is 358 g/mol. The van der Waals surface area contributed by atoms with Gasteiger partial charge in [0.05, 0.1) is 17.8 Å². The molecule has 3 heterocycles. The molecule has 2 aromatic heterocycles. The number of nitrogens with zero attached hydrogens (tertiary/aromatic N) is 4. The third-order valence-electron chi connectivity index (χ3n) is 3.02. The summed E-state index contributed by atoms with van der Waals surface area (Å²) in [5.74, 6) is 0.212. The van der Waals surface area contributed by atoms with Crippen molar-refractivity contribution >= 4 is 15.9 Å². The summed E-state index contributed by atoms with van der Waals surface area (Å²) in [5.41, 5.74) is -0.110. The molecule has 108 valence electrons. The summed E-state index contributed by atoms with van der Waals surface area (Å²) < 4.78 is 45.4. The van der Waals surface area contributed by atoms with Crippen molar-refractivity contribution < 1.29 is 17.9 Å². The highest BCUT2D eigenvalue weighted by Crippen LogP contribution is 2.38. The average Bonchev–Trinajstić information content (AvgIpc) is 2.62. The molecule has 1 aliphatic heterocycles. The minimum atomic E-state index is -4.53. The van der Waals surface area contributed by atoms with Crippen molar-refractivity contribution in [2.75, 3.05) is 0 Å². The van der Waals surface area contributed by atoms with Crippen LogP contribution in [0.4, 0.5) is 13.2 Å². The van der Waals surface area contributed by atoms with Crippen molar-refractivity contribution in [3.63, 3.8) is 0 Å². The second kappa shape index (κ2) is 4.73. The first-order chi connectivity index (χ1) is 9.90. The van der Waals surface area contributed by atoms with E-state index in [0.717, 1.165) is 0 Å². The van der Waals surface area contributed by atoms with E-state index in [9.17, 15) is 13.2 Å². The Labute approximate surface area is 125 Å². The van der Waals surface area contributed by atoms with Gasteiger partial charge in [-0.3, -0.25) is 4.68 Å². The maximum Gasteiger partial charge on any atom is 0.420 e. The zero-order chi connectivity index (χ0) is 15.2. The zero-order valence-electron chi connectivity index (χ0n) is 10.3. The number of halogens is 4. The summed E-state index contributed by atoms with van der Waals surface area (Å²) in [6.07, 6.45) is -3.22. The molecule has 0 fully saturated rings. The zero-order valence-corrected chi connectivity index (χ0v) is 11.9. The predicted molar refractivity (Wildman–Crippen MR) is 67.3 cm³/mol. The Morgan fingerprint density at radius 1 is 1.43 bits per heavy atom. The molecule has 21 heavy (non-hydrogen) atoms. The van der Waals surface area contributed by atoms with E-state index in [1.54, 1.807) is 0 Å². The van der Waals surface area contributed by atoms with Gasteiger partial charge < -0.3 is 4.74 Å². The molecule has 0 aromatic carbocycles. The van der Waals surface area contributed by atoms with Gasteiger partial charge in [-0.15, -0.1) is 0 Å². The number of hydrogen-bond donors (Lipinski definition) is 0. The molecule has 0 aliphatic carbocycles. The van der Waals surface area contributed by atoms with E-state index in [1.165, 1.54) is 16.9 Å². The summed E-state index contributed by atoms with van der Waals surface area (Å²) in [5, 5.41) is 12.7. The molecule has 0 bridgehead atoms. The van der Waals surface area contributed by atoms with Gasteiger partial charge in [-0.2, -0.15) is 23.5 Å². The SMILES string of the molecule is N#Cc1cnc2c(c1)Cn1nc(Br)c(C(F)(F)F)c1CO2. The van der Waals surface area contributed by atoms with Crippen molar-refractivity contribution in [2.45, 2.75) is 19.3 Å². The highest BCUT2D eigenvalue weighted by molar-refractivity contribution is 9.10. The van der Waals surface area contributed by atoms with E-state index in [0.29, 0.717) is 11.1 Å². The maximum absolute atomic E-state index is 13.1. The number of aromatic nitrogens is 3. The first-order valence-electron chi connectivity index (χ1n) is 5.74. The van der Waals surface area contributed by atoms with Gasteiger partial charge in [0.15, 0.2) is 0 Å². The topological polar surface area (TPSA) is 63.7 Å². The van der Waals surface area contributed by atoms with Crippen LogP contribution in [0.2, 0.25) is 0 Å². The van der Waals surface area contributed by atoms with Crippen LogP contribution in [0, 0.1) is 11.3 Å². The molecule has 0 amide bonds.